The van der Waals surface area contributed by atoms with Crippen LogP contribution < -0.4 is 5.73 Å². The van der Waals surface area contributed by atoms with Gasteiger partial charge in [-0.2, -0.15) is 0 Å². The molecule has 2 rings (SSSR count). The molecule has 1 aromatic rings. The third-order valence-electron chi connectivity index (χ3n) is 3.05. The molecule has 15 heavy (non-hydrogen) atoms. The summed E-state index contributed by atoms with van der Waals surface area (Å²) in [7, 11) is 0. The Morgan fingerprint density at radius 2 is 2.20 bits per heavy atom. The number of hydrogen-bond acceptors (Lipinski definition) is 2. The van der Waals surface area contributed by atoms with E-state index in [9.17, 15) is 5.11 Å². The number of hydrogen-bond donors (Lipinski definition) is 2. The van der Waals surface area contributed by atoms with Crippen molar-refractivity contribution in [2.75, 3.05) is 6.54 Å². The number of rotatable bonds is 4. The Kier molecular flexibility index (Phi) is 3.44. The zero-order valence-electron chi connectivity index (χ0n) is 8.57. The van der Waals surface area contributed by atoms with Crippen molar-refractivity contribution >= 4 is 15.9 Å². The van der Waals surface area contributed by atoms with E-state index in [1.807, 2.05) is 24.3 Å². The molecule has 2 nitrogen and oxygen atoms in total. The first-order valence-corrected chi connectivity index (χ1v) is 6.15. The fraction of sp³-hybridized carbons (Fsp3) is 0.500. The largest absolute Gasteiger partial charge is 0.392 e. The zero-order valence-corrected chi connectivity index (χ0v) is 10.2. The average molecular weight is 270 g/mol. The normalized spacial score (nSPS) is 19.9. The molecule has 0 aliphatic heterocycles. The fourth-order valence-electron chi connectivity index (χ4n) is 1.98. The van der Waals surface area contributed by atoms with Gasteiger partial charge in [-0.25, -0.2) is 0 Å². The zero-order chi connectivity index (χ0) is 10.8. The molecule has 0 radical (unpaired) electrons. The van der Waals surface area contributed by atoms with Crippen LogP contribution in [0.2, 0.25) is 0 Å². The lowest BCUT2D eigenvalue weighted by Gasteiger charge is -2.21. The van der Waals surface area contributed by atoms with Crippen molar-refractivity contribution in [1.29, 1.82) is 0 Å². The second-order valence-corrected chi connectivity index (χ2v) is 5.14. The van der Waals surface area contributed by atoms with Crippen LogP contribution in [0.1, 0.15) is 24.3 Å². The summed E-state index contributed by atoms with van der Waals surface area (Å²) >= 11 is 3.44. The van der Waals surface area contributed by atoms with Gasteiger partial charge in [0, 0.05) is 16.9 Å². The summed E-state index contributed by atoms with van der Waals surface area (Å²) in [6.45, 7) is 0.508. The monoisotopic (exact) mass is 269 g/mol. The van der Waals surface area contributed by atoms with Crippen molar-refractivity contribution in [2.24, 2.45) is 11.7 Å². The highest BCUT2D eigenvalue weighted by atomic mass is 79.9. The Labute approximate surface area is 98.6 Å². The summed E-state index contributed by atoms with van der Waals surface area (Å²) < 4.78 is 1.04. The van der Waals surface area contributed by atoms with E-state index in [1.54, 1.807) is 0 Å². The Hall–Kier alpha value is -0.380. The fourth-order valence-corrected chi connectivity index (χ4v) is 2.39. The van der Waals surface area contributed by atoms with E-state index in [2.05, 4.69) is 15.9 Å². The number of benzene rings is 1. The van der Waals surface area contributed by atoms with Crippen LogP contribution in [-0.2, 0) is 0 Å². The van der Waals surface area contributed by atoms with Gasteiger partial charge in [-0.15, -0.1) is 0 Å². The van der Waals surface area contributed by atoms with Crippen LogP contribution in [0.4, 0.5) is 0 Å². The molecule has 0 bridgehead atoms. The molecule has 82 valence electrons. The number of aliphatic hydroxyl groups is 1. The highest BCUT2D eigenvalue weighted by Gasteiger charge is 2.35. The predicted molar refractivity (Wildman–Crippen MR) is 64.7 cm³/mol. The number of halogens is 1. The maximum atomic E-state index is 10.1. The van der Waals surface area contributed by atoms with Crippen molar-refractivity contribution in [1.82, 2.24) is 0 Å². The van der Waals surface area contributed by atoms with E-state index in [1.165, 1.54) is 0 Å². The molecule has 3 N–H and O–H groups in total. The molecule has 1 aliphatic carbocycles. The lowest BCUT2D eigenvalue weighted by molar-refractivity contribution is 0.123. The summed E-state index contributed by atoms with van der Waals surface area (Å²) in [5.41, 5.74) is 6.88. The van der Waals surface area contributed by atoms with E-state index in [-0.39, 0.29) is 12.0 Å². The molecule has 3 heteroatoms. The second kappa shape index (κ2) is 4.64. The van der Waals surface area contributed by atoms with E-state index in [0.717, 1.165) is 22.9 Å². The minimum absolute atomic E-state index is 0.0787. The molecule has 1 aliphatic rings. The van der Waals surface area contributed by atoms with Crippen molar-refractivity contribution in [3.8, 4) is 0 Å². The SMILES string of the molecule is NCC(c1cccc(Br)c1)C(O)C1CC1. The van der Waals surface area contributed by atoms with Gasteiger partial charge in [-0.05, 0) is 36.5 Å². The van der Waals surface area contributed by atoms with Crippen LogP contribution >= 0.6 is 15.9 Å². The van der Waals surface area contributed by atoms with Gasteiger partial charge in [0.2, 0.25) is 0 Å². The lowest BCUT2D eigenvalue weighted by Crippen LogP contribution is -2.27. The Morgan fingerprint density at radius 3 is 2.73 bits per heavy atom. The van der Waals surface area contributed by atoms with E-state index < -0.39 is 0 Å². The van der Waals surface area contributed by atoms with Crippen molar-refractivity contribution in [3.63, 3.8) is 0 Å². The lowest BCUT2D eigenvalue weighted by atomic mass is 9.91. The molecule has 0 amide bonds. The summed E-state index contributed by atoms with van der Waals surface area (Å²) in [6, 6.07) is 8.05. The van der Waals surface area contributed by atoms with Crippen LogP contribution in [0.5, 0.6) is 0 Å². The molecule has 0 aromatic heterocycles. The van der Waals surface area contributed by atoms with Gasteiger partial charge >= 0.3 is 0 Å². The van der Waals surface area contributed by atoms with Gasteiger partial charge in [0.1, 0.15) is 0 Å². The standard InChI is InChI=1S/C12H16BrNO/c13-10-3-1-2-9(6-10)11(7-14)12(15)8-4-5-8/h1-3,6,8,11-12,15H,4-5,7,14H2. The highest BCUT2D eigenvalue weighted by Crippen LogP contribution is 2.38. The van der Waals surface area contributed by atoms with Crippen molar-refractivity contribution in [3.05, 3.63) is 34.3 Å². The summed E-state index contributed by atoms with van der Waals surface area (Å²) in [5.74, 6) is 0.549. The molecule has 2 unspecified atom stereocenters. The maximum absolute atomic E-state index is 10.1. The van der Waals surface area contributed by atoms with Crippen molar-refractivity contribution < 1.29 is 5.11 Å². The molecular weight excluding hydrogens is 254 g/mol. The molecular formula is C12H16BrNO. The van der Waals surface area contributed by atoms with Gasteiger partial charge < -0.3 is 10.8 Å². The first kappa shape index (κ1) is 11.1. The molecule has 0 heterocycles. The van der Waals surface area contributed by atoms with Crippen LogP contribution in [0.3, 0.4) is 0 Å². The summed E-state index contributed by atoms with van der Waals surface area (Å²) in [6.07, 6.45) is 2.02. The topological polar surface area (TPSA) is 46.2 Å². The van der Waals surface area contributed by atoms with Gasteiger partial charge in [0.05, 0.1) is 6.10 Å². The first-order valence-electron chi connectivity index (χ1n) is 5.36. The third kappa shape index (κ3) is 2.60. The average Bonchev–Trinajstić information content (AvgIpc) is 3.02. The molecule has 0 saturated heterocycles. The Balaban J connectivity index is 2.17. The smallest absolute Gasteiger partial charge is 0.0648 e. The van der Waals surface area contributed by atoms with Crippen LogP contribution in [0.25, 0.3) is 0 Å². The van der Waals surface area contributed by atoms with Crippen LogP contribution in [0, 0.1) is 5.92 Å². The number of nitrogens with two attached hydrogens (primary N) is 1. The minimum Gasteiger partial charge on any atom is -0.392 e. The summed E-state index contributed by atoms with van der Waals surface area (Å²) in [5, 5.41) is 10.1. The van der Waals surface area contributed by atoms with E-state index >= 15 is 0 Å². The van der Waals surface area contributed by atoms with Crippen LogP contribution in [0.15, 0.2) is 28.7 Å². The second-order valence-electron chi connectivity index (χ2n) is 4.23. The maximum Gasteiger partial charge on any atom is 0.0648 e. The van der Waals surface area contributed by atoms with Gasteiger partial charge in [0.15, 0.2) is 0 Å². The highest BCUT2D eigenvalue weighted by molar-refractivity contribution is 9.10. The predicted octanol–water partition coefficient (Wildman–Crippen LogP) is 2.26. The molecule has 2 atom stereocenters. The summed E-state index contributed by atoms with van der Waals surface area (Å²) in [4.78, 5) is 0. The number of aliphatic hydroxyl groups excluding tert-OH is 1. The van der Waals surface area contributed by atoms with Gasteiger partial charge in [0.25, 0.3) is 0 Å². The first-order chi connectivity index (χ1) is 7.22. The molecule has 1 aromatic carbocycles. The van der Waals surface area contributed by atoms with Gasteiger partial charge in [-0.3, -0.25) is 0 Å². The van der Waals surface area contributed by atoms with E-state index in [4.69, 9.17) is 5.73 Å². The van der Waals surface area contributed by atoms with E-state index in [0.29, 0.717) is 12.5 Å². The molecule has 1 saturated carbocycles. The van der Waals surface area contributed by atoms with Crippen molar-refractivity contribution in [2.45, 2.75) is 24.9 Å². The Bertz CT molecular complexity index is 338. The molecule has 0 spiro atoms. The Morgan fingerprint density at radius 1 is 1.47 bits per heavy atom. The van der Waals surface area contributed by atoms with Crippen LogP contribution in [-0.4, -0.2) is 17.8 Å². The quantitative estimate of drug-likeness (QED) is 0.881. The molecule has 1 fully saturated rings. The third-order valence-corrected chi connectivity index (χ3v) is 3.54. The minimum atomic E-state index is -0.274. The van der Waals surface area contributed by atoms with Gasteiger partial charge in [-0.1, -0.05) is 28.1 Å².